The maximum Gasteiger partial charge on any atom is 0.244 e. The van der Waals surface area contributed by atoms with Gasteiger partial charge in [-0.2, -0.15) is 4.31 Å². The van der Waals surface area contributed by atoms with Crippen molar-refractivity contribution in [1.29, 1.82) is 0 Å². The van der Waals surface area contributed by atoms with Gasteiger partial charge in [-0.1, -0.05) is 0 Å². The molecule has 5 nitrogen and oxygen atoms in total. The van der Waals surface area contributed by atoms with Crippen LogP contribution in [0.2, 0.25) is 0 Å². The summed E-state index contributed by atoms with van der Waals surface area (Å²) in [6.45, 7) is 14.8. The van der Waals surface area contributed by atoms with Gasteiger partial charge in [0.2, 0.25) is 10.0 Å². The van der Waals surface area contributed by atoms with E-state index >= 15 is 0 Å². The number of nitrogens with zero attached hydrogens (tertiary/aromatic N) is 1. The van der Waals surface area contributed by atoms with E-state index in [1.165, 1.54) is 23.3 Å². The average molecular weight is 396 g/mol. The molecule has 27 heavy (non-hydrogen) atoms. The zero-order chi connectivity index (χ0) is 19.8. The molecule has 0 spiro atoms. The molecule has 2 aliphatic heterocycles. The highest BCUT2D eigenvalue weighted by Gasteiger charge is 2.34. The van der Waals surface area contributed by atoms with Crippen LogP contribution in [0, 0.1) is 34.6 Å². The standard InChI is InChI=1S/C21H34N2O3S/c1-15-16(2)18(4)21(19(5)17(15)3)27(24,25)23-11-9-22(10-12-23)14-20-8-6-7-13-26-20/h20H,6-14H2,1-5H3/p+1/t20-/m1/s1. The van der Waals surface area contributed by atoms with Gasteiger partial charge < -0.3 is 9.64 Å². The summed E-state index contributed by atoms with van der Waals surface area (Å²) in [4.78, 5) is 2.00. The first-order chi connectivity index (χ1) is 12.7. The number of quaternary nitrogens is 1. The van der Waals surface area contributed by atoms with Crippen LogP contribution in [0.5, 0.6) is 0 Å². The van der Waals surface area contributed by atoms with E-state index in [1.54, 1.807) is 4.31 Å². The van der Waals surface area contributed by atoms with Crippen molar-refractivity contribution in [3.8, 4) is 0 Å². The minimum absolute atomic E-state index is 0.351. The fourth-order valence-electron chi connectivity index (χ4n) is 4.52. The number of hydrogen-bond acceptors (Lipinski definition) is 3. The average Bonchev–Trinajstić information content (AvgIpc) is 2.66. The van der Waals surface area contributed by atoms with Crippen molar-refractivity contribution < 1.29 is 18.1 Å². The maximum absolute atomic E-state index is 13.4. The summed E-state index contributed by atoms with van der Waals surface area (Å²) in [5.41, 5.74) is 5.19. The second kappa shape index (κ2) is 8.19. The lowest BCUT2D eigenvalue weighted by atomic mass is 9.95. The number of nitrogens with one attached hydrogen (secondary N) is 1. The van der Waals surface area contributed by atoms with Crippen LogP contribution < -0.4 is 4.90 Å². The third-order valence-electron chi connectivity index (χ3n) is 6.75. The summed E-state index contributed by atoms with van der Waals surface area (Å²) >= 11 is 0. The van der Waals surface area contributed by atoms with Crippen molar-refractivity contribution in [2.24, 2.45) is 0 Å². The molecule has 2 saturated heterocycles. The number of hydrogen-bond donors (Lipinski definition) is 1. The predicted octanol–water partition coefficient (Wildman–Crippen LogP) is 1.69. The molecule has 0 radical (unpaired) electrons. The Morgan fingerprint density at radius 1 is 0.926 bits per heavy atom. The monoisotopic (exact) mass is 395 g/mol. The summed E-state index contributed by atoms with van der Waals surface area (Å²) in [5, 5.41) is 0. The van der Waals surface area contributed by atoms with Crippen molar-refractivity contribution in [3.05, 3.63) is 27.8 Å². The summed E-state index contributed by atoms with van der Waals surface area (Å²) < 4.78 is 34.4. The number of ether oxygens (including phenoxy) is 1. The highest BCUT2D eigenvalue weighted by molar-refractivity contribution is 7.89. The smallest absolute Gasteiger partial charge is 0.244 e. The van der Waals surface area contributed by atoms with Crippen LogP contribution in [0.1, 0.15) is 47.1 Å². The highest BCUT2D eigenvalue weighted by Crippen LogP contribution is 2.31. The SMILES string of the molecule is Cc1c(C)c(C)c(S(=O)(=O)N2CC[NH+](C[C@H]3CCCCO3)CC2)c(C)c1C. The first-order valence-electron chi connectivity index (χ1n) is 10.3. The van der Waals surface area contributed by atoms with Crippen molar-refractivity contribution in [2.45, 2.75) is 64.9 Å². The van der Waals surface area contributed by atoms with Crippen molar-refractivity contribution in [3.63, 3.8) is 0 Å². The Morgan fingerprint density at radius 3 is 2.00 bits per heavy atom. The molecule has 0 unspecified atom stereocenters. The molecular weight excluding hydrogens is 360 g/mol. The van der Waals surface area contributed by atoms with Crippen LogP contribution >= 0.6 is 0 Å². The van der Waals surface area contributed by atoms with Crippen molar-refractivity contribution in [2.75, 3.05) is 39.3 Å². The maximum atomic E-state index is 13.4. The highest BCUT2D eigenvalue weighted by atomic mass is 32.2. The fourth-order valence-corrected chi connectivity index (χ4v) is 6.52. The zero-order valence-corrected chi connectivity index (χ0v) is 18.3. The molecule has 1 aromatic rings. The molecule has 2 aliphatic rings. The van der Waals surface area contributed by atoms with Crippen LogP contribution in [-0.2, 0) is 14.8 Å². The van der Waals surface area contributed by atoms with E-state index in [1.807, 2.05) is 27.7 Å². The minimum atomic E-state index is -3.45. The molecule has 0 amide bonds. The van der Waals surface area contributed by atoms with Gasteiger partial charge in [0.05, 0.1) is 31.1 Å². The van der Waals surface area contributed by atoms with E-state index in [9.17, 15) is 8.42 Å². The molecule has 1 N–H and O–H groups in total. The molecule has 6 heteroatoms. The molecule has 1 aromatic carbocycles. The van der Waals surface area contributed by atoms with Gasteiger partial charge in [0.15, 0.2) is 0 Å². The largest absolute Gasteiger partial charge is 0.372 e. The van der Waals surface area contributed by atoms with E-state index in [-0.39, 0.29) is 0 Å². The van der Waals surface area contributed by atoms with Gasteiger partial charge in [-0.05, 0) is 81.7 Å². The molecule has 2 fully saturated rings. The Morgan fingerprint density at radius 2 is 1.48 bits per heavy atom. The summed E-state index contributed by atoms with van der Waals surface area (Å²) in [5.74, 6) is 0. The minimum Gasteiger partial charge on any atom is -0.372 e. The molecular formula is C21H35N2O3S+. The predicted molar refractivity (Wildman–Crippen MR) is 108 cm³/mol. The second-order valence-corrected chi connectivity index (χ2v) is 10.2. The van der Waals surface area contributed by atoms with Gasteiger partial charge >= 0.3 is 0 Å². The molecule has 2 heterocycles. The van der Waals surface area contributed by atoms with Gasteiger partial charge in [0, 0.05) is 6.61 Å². The van der Waals surface area contributed by atoms with Gasteiger partial charge in [0.1, 0.15) is 12.6 Å². The molecule has 3 rings (SSSR count). The van der Waals surface area contributed by atoms with Crippen LogP contribution in [-0.4, -0.2) is 58.2 Å². The van der Waals surface area contributed by atoms with Crippen LogP contribution in [0.3, 0.4) is 0 Å². The fraction of sp³-hybridized carbons (Fsp3) is 0.714. The molecule has 152 valence electrons. The van der Waals surface area contributed by atoms with Gasteiger partial charge in [-0.15, -0.1) is 0 Å². The second-order valence-electron chi connectivity index (χ2n) is 8.30. The third-order valence-corrected chi connectivity index (χ3v) is 8.92. The quantitative estimate of drug-likeness (QED) is 0.844. The van der Waals surface area contributed by atoms with E-state index in [4.69, 9.17) is 4.74 Å². The normalized spacial score (nSPS) is 22.9. The number of sulfonamides is 1. The number of piperazine rings is 1. The molecule has 0 saturated carbocycles. The molecule has 0 bridgehead atoms. The lowest BCUT2D eigenvalue weighted by Gasteiger charge is -2.34. The van der Waals surface area contributed by atoms with Gasteiger partial charge in [-0.3, -0.25) is 0 Å². The van der Waals surface area contributed by atoms with Crippen molar-refractivity contribution in [1.82, 2.24) is 4.31 Å². The van der Waals surface area contributed by atoms with Crippen LogP contribution in [0.4, 0.5) is 0 Å². The summed E-state index contributed by atoms with van der Waals surface area (Å²) in [6, 6.07) is 0. The number of rotatable bonds is 4. The van der Waals surface area contributed by atoms with E-state index < -0.39 is 10.0 Å². The van der Waals surface area contributed by atoms with Crippen LogP contribution in [0.25, 0.3) is 0 Å². The Kier molecular flexibility index (Phi) is 6.31. The molecule has 1 atom stereocenters. The first kappa shape index (κ1) is 20.8. The number of benzene rings is 1. The summed E-state index contributed by atoms with van der Waals surface area (Å²) in [6.07, 6.45) is 3.92. The molecule has 0 aliphatic carbocycles. The topological polar surface area (TPSA) is 51.0 Å². The van der Waals surface area contributed by atoms with Gasteiger partial charge in [0.25, 0.3) is 0 Å². The van der Waals surface area contributed by atoms with Crippen LogP contribution in [0.15, 0.2) is 4.90 Å². The first-order valence-corrected chi connectivity index (χ1v) is 11.7. The summed E-state index contributed by atoms with van der Waals surface area (Å²) in [7, 11) is -3.45. The lowest BCUT2D eigenvalue weighted by Crippen LogP contribution is -3.15. The Bertz CT molecular complexity index is 761. The Hall–Kier alpha value is -0.950. The van der Waals surface area contributed by atoms with E-state index in [2.05, 4.69) is 6.92 Å². The Labute approximate surface area is 164 Å². The Balaban J connectivity index is 1.74. The molecule has 0 aromatic heterocycles. The third kappa shape index (κ3) is 4.09. The van der Waals surface area contributed by atoms with Gasteiger partial charge in [-0.25, -0.2) is 8.42 Å². The lowest BCUT2D eigenvalue weighted by molar-refractivity contribution is -0.907. The van der Waals surface area contributed by atoms with E-state index in [0.717, 1.165) is 54.9 Å². The zero-order valence-electron chi connectivity index (χ0n) is 17.5. The van der Waals surface area contributed by atoms with E-state index in [0.29, 0.717) is 24.1 Å². The van der Waals surface area contributed by atoms with Crippen molar-refractivity contribution >= 4 is 10.0 Å².